The zero-order valence-corrected chi connectivity index (χ0v) is 9.46. The summed E-state index contributed by atoms with van der Waals surface area (Å²) < 4.78 is 36.8. The number of hydrogen-bond donors (Lipinski definition) is 1. The van der Waals surface area contributed by atoms with Gasteiger partial charge in [-0.2, -0.15) is 13.2 Å². The molecule has 1 aromatic heterocycles. The second kappa shape index (κ2) is 4.50. The molecule has 0 spiro atoms. The van der Waals surface area contributed by atoms with Crippen molar-refractivity contribution in [2.24, 2.45) is 5.92 Å². The summed E-state index contributed by atoms with van der Waals surface area (Å²) in [6, 6.07) is 2.50. The number of halogens is 3. The summed E-state index contributed by atoms with van der Waals surface area (Å²) in [5.74, 6) is 0.997. The van der Waals surface area contributed by atoms with Crippen LogP contribution in [0.5, 0.6) is 0 Å². The Hall–Kier alpha value is -1.33. The molecule has 0 radical (unpaired) electrons. The van der Waals surface area contributed by atoms with Gasteiger partial charge in [0.05, 0.1) is 0 Å². The third-order valence-electron chi connectivity index (χ3n) is 3.19. The fraction of sp³-hybridized carbons (Fsp3) is 0.636. The lowest BCUT2D eigenvalue weighted by Gasteiger charge is -2.32. The van der Waals surface area contributed by atoms with Crippen LogP contribution in [-0.2, 0) is 6.18 Å². The summed E-state index contributed by atoms with van der Waals surface area (Å²) in [6.45, 7) is 2.02. The molecule has 3 nitrogen and oxygen atoms in total. The fourth-order valence-electron chi connectivity index (χ4n) is 1.85. The van der Waals surface area contributed by atoms with Crippen molar-refractivity contribution >= 4 is 5.82 Å². The van der Waals surface area contributed by atoms with E-state index in [1.54, 1.807) is 0 Å². The second-order valence-corrected chi connectivity index (χ2v) is 4.43. The van der Waals surface area contributed by atoms with E-state index in [-0.39, 0.29) is 6.04 Å². The molecule has 1 aliphatic carbocycles. The molecule has 1 N–H and O–H groups in total. The molecule has 0 saturated heterocycles. The highest BCUT2D eigenvalue weighted by atomic mass is 19.4. The van der Waals surface area contributed by atoms with E-state index in [1.165, 1.54) is 25.3 Å². The van der Waals surface area contributed by atoms with Gasteiger partial charge in [0.15, 0.2) is 5.69 Å². The van der Waals surface area contributed by atoms with Crippen molar-refractivity contribution in [3.63, 3.8) is 0 Å². The van der Waals surface area contributed by atoms with Gasteiger partial charge in [-0.3, -0.25) is 0 Å². The second-order valence-electron chi connectivity index (χ2n) is 4.43. The average molecular weight is 245 g/mol. The monoisotopic (exact) mass is 245 g/mol. The summed E-state index contributed by atoms with van der Waals surface area (Å²) in [5.41, 5.74) is -0.959. The predicted molar refractivity (Wildman–Crippen MR) is 57.5 cm³/mol. The Morgan fingerprint density at radius 2 is 2.00 bits per heavy atom. The number of hydrogen-bond acceptors (Lipinski definition) is 3. The van der Waals surface area contributed by atoms with Gasteiger partial charge in [0, 0.05) is 6.04 Å². The standard InChI is InChI=1S/C11H14F3N3/c1-7(8-3-2-4-8)15-10-6-5-9(16-17-10)11(12,13)14/h5-8H,2-4H2,1H3,(H,15,17). The molecule has 0 bridgehead atoms. The first-order valence-corrected chi connectivity index (χ1v) is 5.64. The Morgan fingerprint density at radius 1 is 1.29 bits per heavy atom. The first kappa shape index (κ1) is 12.1. The van der Waals surface area contributed by atoms with Crippen molar-refractivity contribution in [2.45, 2.75) is 38.4 Å². The number of nitrogens with one attached hydrogen (secondary N) is 1. The minimum Gasteiger partial charge on any atom is -0.366 e. The Labute approximate surface area is 97.4 Å². The van der Waals surface area contributed by atoms with Crippen LogP contribution in [0.3, 0.4) is 0 Å². The molecule has 1 heterocycles. The van der Waals surface area contributed by atoms with Gasteiger partial charge in [-0.15, -0.1) is 10.2 Å². The Kier molecular flexibility index (Phi) is 3.22. The van der Waals surface area contributed by atoms with E-state index >= 15 is 0 Å². The molecule has 2 rings (SSSR count). The lowest BCUT2D eigenvalue weighted by molar-refractivity contribution is -0.141. The van der Waals surface area contributed by atoms with Gasteiger partial charge in [0.1, 0.15) is 5.82 Å². The fourth-order valence-corrected chi connectivity index (χ4v) is 1.85. The third kappa shape index (κ3) is 2.87. The SMILES string of the molecule is CC(Nc1ccc(C(F)(F)F)nn1)C1CCC1. The summed E-state index contributed by atoms with van der Waals surface area (Å²) in [5, 5.41) is 9.79. The van der Waals surface area contributed by atoms with Gasteiger partial charge in [-0.25, -0.2) is 0 Å². The maximum Gasteiger partial charge on any atom is 0.435 e. The van der Waals surface area contributed by atoms with Crippen molar-refractivity contribution in [1.29, 1.82) is 0 Å². The first-order valence-electron chi connectivity index (χ1n) is 5.64. The number of nitrogens with zero attached hydrogens (tertiary/aromatic N) is 2. The molecule has 1 saturated carbocycles. The topological polar surface area (TPSA) is 37.8 Å². The van der Waals surface area contributed by atoms with Crippen LogP contribution in [0.1, 0.15) is 31.9 Å². The molecular formula is C11H14F3N3. The number of rotatable bonds is 3. The molecule has 1 atom stereocenters. The average Bonchev–Trinajstić information content (AvgIpc) is 2.13. The van der Waals surface area contributed by atoms with Gasteiger partial charge in [0.25, 0.3) is 0 Å². The highest BCUT2D eigenvalue weighted by molar-refractivity contribution is 5.34. The van der Waals surface area contributed by atoms with Crippen LogP contribution < -0.4 is 5.32 Å². The summed E-state index contributed by atoms with van der Waals surface area (Å²) >= 11 is 0. The highest BCUT2D eigenvalue weighted by Crippen LogP contribution is 2.31. The van der Waals surface area contributed by atoms with Gasteiger partial charge in [-0.05, 0) is 37.8 Å². The Balaban J connectivity index is 1.98. The van der Waals surface area contributed by atoms with E-state index in [2.05, 4.69) is 15.5 Å². The lowest BCUT2D eigenvalue weighted by Crippen LogP contribution is -2.31. The number of anilines is 1. The zero-order valence-electron chi connectivity index (χ0n) is 9.46. The molecule has 17 heavy (non-hydrogen) atoms. The van der Waals surface area contributed by atoms with Gasteiger partial charge < -0.3 is 5.32 Å². The molecular weight excluding hydrogens is 231 g/mol. The van der Waals surface area contributed by atoms with E-state index in [0.29, 0.717) is 11.7 Å². The first-order chi connectivity index (χ1) is 7.97. The van der Waals surface area contributed by atoms with E-state index in [0.717, 1.165) is 6.07 Å². The maximum atomic E-state index is 12.3. The molecule has 0 amide bonds. The van der Waals surface area contributed by atoms with Crippen molar-refractivity contribution in [3.8, 4) is 0 Å². The molecule has 1 unspecified atom stereocenters. The van der Waals surface area contributed by atoms with Gasteiger partial charge in [0.2, 0.25) is 0 Å². The smallest absolute Gasteiger partial charge is 0.366 e. The van der Waals surface area contributed by atoms with Crippen LogP contribution in [0, 0.1) is 5.92 Å². The molecule has 6 heteroatoms. The van der Waals surface area contributed by atoms with E-state index < -0.39 is 11.9 Å². The maximum absolute atomic E-state index is 12.3. The van der Waals surface area contributed by atoms with Crippen molar-refractivity contribution < 1.29 is 13.2 Å². The van der Waals surface area contributed by atoms with Crippen LogP contribution in [0.2, 0.25) is 0 Å². The number of alkyl halides is 3. The van der Waals surface area contributed by atoms with E-state index in [4.69, 9.17) is 0 Å². The van der Waals surface area contributed by atoms with Crippen molar-refractivity contribution in [1.82, 2.24) is 10.2 Å². The van der Waals surface area contributed by atoms with Crippen LogP contribution in [0.25, 0.3) is 0 Å². The number of aromatic nitrogens is 2. The Morgan fingerprint density at radius 3 is 2.41 bits per heavy atom. The van der Waals surface area contributed by atoms with Crippen LogP contribution >= 0.6 is 0 Å². The minimum absolute atomic E-state index is 0.231. The zero-order chi connectivity index (χ0) is 12.5. The molecule has 1 fully saturated rings. The highest BCUT2D eigenvalue weighted by Gasteiger charge is 2.33. The van der Waals surface area contributed by atoms with Crippen LogP contribution in [0.4, 0.5) is 19.0 Å². The molecule has 1 aliphatic rings. The van der Waals surface area contributed by atoms with Gasteiger partial charge >= 0.3 is 6.18 Å². The molecule has 94 valence electrons. The van der Waals surface area contributed by atoms with E-state index in [1.807, 2.05) is 6.92 Å². The van der Waals surface area contributed by atoms with Gasteiger partial charge in [-0.1, -0.05) is 6.42 Å². The summed E-state index contributed by atoms with van der Waals surface area (Å²) in [4.78, 5) is 0. The predicted octanol–water partition coefficient (Wildman–Crippen LogP) is 3.10. The molecule has 1 aromatic rings. The normalized spacial score (nSPS) is 18.6. The molecule has 0 aromatic carbocycles. The van der Waals surface area contributed by atoms with Crippen LogP contribution in [-0.4, -0.2) is 16.2 Å². The largest absolute Gasteiger partial charge is 0.435 e. The van der Waals surface area contributed by atoms with E-state index in [9.17, 15) is 13.2 Å². The molecule has 0 aliphatic heterocycles. The quantitative estimate of drug-likeness (QED) is 0.889. The van der Waals surface area contributed by atoms with Crippen molar-refractivity contribution in [3.05, 3.63) is 17.8 Å². The summed E-state index contributed by atoms with van der Waals surface area (Å²) in [6.07, 6.45) is -0.856. The van der Waals surface area contributed by atoms with Crippen LogP contribution in [0.15, 0.2) is 12.1 Å². The minimum atomic E-state index is -4.43. The third-order valence-corrected chi connectivity index (χ3v) is 3.19. The summed E-state index contributed by atoms with van der Waals surface area (Å²) in [7, 11) is 0. The lowest BCUT2D eigenvalue weighted by atomic mass is 9.80. The van der Waals surface area contributed by atoms with Crippen molar-refractivity contribution in [2.75, 3.05) is 5.32 Å². The Bertz CT molecular complexity index is 371.